The topological polar surface area (TPSA) is 282 Å². The average Bonchev–Trinajstić information content (AvgIpc) is 4.04. The van der Waals surface area contributed by atoms with Gasteiger partial charge in [-0.1, -0.05) is 12.2 Å². The van der Waals surface area contributed by atoms with Crippen LogP contribution in [0.2, 0.25) is 0 Å². The fourth-order valence-corrected chi connectivity index (χ4v) is 7.43. The average molecular weight is 877 g/mol. The number of fused-ring (bicyclic) bond motifs is 2. The summed E-state index contributed by atoms with van der Waals surface area (Å²) < 4.78 is 12.7. The van der Waals surface area contributed by atoms with Crippen molar-refractivity contribution in [3.8, 4) is 5.75 Å². The highest BCUT2D eigenvalue weighted by Crippen LogP contribution is 2.32. The molecule has 64 heavy (non-hydrogen) atoms. The number of pyridine rings is 1. The Bertz CT molecular complexity index is 2760. The minimum Gasteiger partial charge on any atom is -0.491 e. The molecule has 0 saturated carbocycles. The molecule has 6 heterocycles. The molecule has 8 N–H and O–H groups in total. The van der Waals surface area contributed by atoms with Crippen molar-refractivity contribution in [2.24, 2.45) is 11.5 Å². The van der Waals surface area contributed by atoms with E-state index in [1.807, 2.05) is 13.8 Å². The Morgan fingerprint density at radius 3 is 1.97 bits per heavy atom. The Morgan fingerprint density at radius 2 is 1.36 bits per heavy atom. The molecule has 0 unspecified atom stereocenters. The van der Waals surface area contributed by atoms with Crippen LogP contribution < -0.4 is 37.5 Å². The highest BCUT2D eigenvalue weighted by Gasteiger charge is 2.23. The van der Waals surface area contributed by atoms with Gasteiger partial charge in [-0.3, -0.25) is 53.4 Å². The lowest BCUT2D eigenvalue weighted by atomic mass is 10.1. The third-order valence-electron chi connectivity index (χ3n) is 10.6. The van der Waals surface area contributed by atoms with E-state index in [1.165, 1.54) is 24.4 Å². The van der Waals surface area contributed by atoms with E-state index in [9.17, 15) is 24.0 Å². The SMILES string of the molecule is CCn1nc(C)cc1C(=O)Nc1nc2cc(C(N)=O)cnc2n1C/C=C/Cn1c(NC(=O)c2cc(C)nn2CC)nc2cc(C(N)=O)cc(OCCC(=O)NCCN3CCNCC3)c21. The molecule has 0 aliphatic carbocycles. The summed E-state index contributed by atoms with van der Waals surface area (Å²) in [6, 6.07) is 7.84. The van der Waals surface area contributed by atoms with Gasteiger partial charge >= 0.3 is 0 Å². The molecule has 5 amide bonds. The minimum atomic E-state index is -0.721. The number of allylic oxidation sites excluding steroid dienone is 2. The number of nitrogens with one attached hydrogen (secondary N) is 4. The second-order valence-corrected chi connectivity index (χ2v) is 15.1. The summed E-state index contributed by atoms with van der Waals surface area (Å²) in [4.78, 5) is 80.8. The third-order valence-corrected chi connectivity index (χ3v) is 10.6. The van der Waals surface area contributed by atoms with Gasteiger partial charge in [0.05, 0.1) is 35.5 Å². The van der Waals surface area contributed by atoms with E-state index in [-0.39, 0.29) is 60.8 Å². The van der Waals surface area contributed by atoms with Gasteiger partial charge in [-0.2, -0.15) is 10.2 Å². The first-order valence-corrected chi connectivity index (χ1v) is 21.0. The van der Waals surface area contributed by atoms with Gasteiger partial charge in [0.15, 0.2) is 5.65 Å². The van der Waals surface area contributed by atoms with E-state index in [0.717, 1.165) is 32.7 Å². The Labute approximate surface area is 367 Å². The maximum Gasteiger partial charge on any atom is 0.276 e. The van der Waals surface area contributed by atoms with Gasteiger partial charge in [-0.05, 0) is 58.0 Å². The minimum absolute atomic E-state index is 0.0280. The summed E-state index contributed by atoms with van der Waals surface area (Å²) >= 11 is 0. The van der Waals surface area contributed by atoms with Crippen LogP contribution in [0, 0.1) is 13.8 Å². The Hall–Kier alpha value is -7.46. The van der Waals surface area contributed by atoms with E-state index < -0.39 is 23.6 Å². The third kappa shape index (κ3) is 10.1. The Balaban J connectivity index is 1.19. The van der Waals surface area contributed by atoms with Crippen LogP contribution in [-0.2, 0) is 31.0 Å². The number of hydrogen-bond acceptors (Lipinski definition) is 13. The summed E-state index contributed by atoms with van der Waals surface area (Å²) in [5.74, 6) is -2.00. The molecule has 1 aliphatic heterocycles. The number of anilines is 2. The number of nitrogens with two attached hydrogens (primary N) is 2. The maximum absolute atomic E-state index is 13.8. The number of ether oxygens (including phenoxy) is 1. The summed E-state index contributed by atoms with van der Waals surface area (Å²) in [7, 11) is 0. The van der Waals surface area contributed by atoms with Crippen LogP contribution in [0.25, 0.3) is 22.2 Å². The van der Waals surface area contributed by atoms with Crippen molar-refractivity contribution in [2.75, 3.05) is 56.5 Å². The van der Waals surface area contributed by atoms with Crippen molar-refractivity contribution < 1.29 is 28.7 Å². The molecule has 6 aromatic rings. The zero-order chi connectivity index (χ0) is 45.5. The van der Waals surface area contributed by atoms with Crippen molar-refractivity contribution in [2.45, 2.75) is 60.3 Å². The van der Waals surface area contributed by atoms with Crippen LogP contribution >= 0.6 is 0 Å². The zero-order valence-electron chi connectivity index (χ0n) is 36.2. The van der Waals surface area contributed by atoms with Crippen molar-refractivity contribution in [1.29, 1.82) is 0 Å². The largest absolute Gasteiger partial charge is 0.491 e. The number of aryl methyl sites for hydroxylation is 4. The molecule has 1 fully saturated rings. The Kier molecular flexibility index (Phi) is 13.7. The van der Waals surface area contributed by atoms with Gasteiger partial charge in [0, 0.05) is 77.2 Å². The van der Waals surface area contributed by atoms with Gasteiger partial charge in [0.25, 0.3) is 11.8 Å². The van der Waals surface area contributed by atoms with Gasteiger partial charge in [-0.25, -0.2) is 15.0 Å². The van der Waals surface area contributed by atoms with Crippen LogP contribution in [0.4, 0.5) is 11.9 Å². The van der Waals surface area contributed by atoms with Gasteiger partial charge in [0.2, 0.25) is 29.6 Å². The second kappa shape index (κ2) is 19.7. The maximum atomic E-state index is 13.8. The molecule has 1 saturated heterocycles. The summed E-state index contributed by atoms with van der Waals surface area (Å²) in [6.45, 7) is 13.4. The van der Waals surface area contributed by atoms with Gasteiger partial charge in [-0.15, -0.1) is 0 Å². The number of carbonyl (C=O) groups excluding carboxylic acids is 5. The second-order valence-electron chi connectivity index (χ2n) is 15.1. The number of benzene rings is 1. The summed E-state index contributed by atoms with van der Waals surface area (Å²) in [6.07, 6.45) is 4.98. The molecule has 336 valence electrons. The predicted molar refractivity (Wildman–Crippen MR) is 237 cm³/mol. The first-order valence-electron chi connectivity index (χ1n) is 21.0. The van der Waals surface area contributed by atoms with E-state index in [2.05, 4.69) is 46.3 Å². The molecule has 5 aromatic heterocycles. The number of imidazole rings is 2. The number of aromatic nitrogens is 9. The molecular weight excluding hydrogens is 825 g/mol. The monoisotopic (exact) mass is 876 g/mol. The molecule has 0 radical (unpaired) electrons. The first kappa shape index (κ1) is 44.6. The van der Waals surface area contributed by atoms with Gasteiger partial charge in [0.1, 0.15) is 28.2 Å². The zero-order valence-corrected chi connectivity index (χ0v) is 36.2. The number of amides is 5. The van der Waals surface area contributed by atoms with E-state index >= 15 is 0 Å². The quantitative estimate of drug-likeness (QED) is 0.0632. The van der Waals surface area contributed by atoms with Crippen LogP contribution in [-0.4, -0.2) is 124 Å². The summed E-state index contributed by atoms with van der Waals surface area (Å²) in [5, 5.41) is 20.8. The molecule has 0 bridgehead atoms. The molecule has 0 atom stereocenters. The number of carbonyl (C=O) groups is 5. The number of piperazine rings is 1. The van der Waals surface area contributed by atoms with Crippen molar-refractivity contribution >= 4 is 63.6 Å². The number of hydrogen-bond donors (Lipinski definition) is 6. The summed E-state index contributed by atoms with van der Waals surface area (Å²) in [5.41, 5.74) is 15.0. The van der Waals surface area contributed by atoms with Crippen LogP contribution in [0.15, 0.2) is 48.7 Å². The van der Waals surface area contributed by atoms with Crippen molar-refractivity contribution in [3.63, 3.8) is 0 Å². The standard InChI is InChI=1S/C42H52N16O6/c1-5-57-31(19-25(3)52-57)39(62)50-41-48-29-21-27(36(43)60)23-33(64-18-9-34(59)46-12-17-54-15-10-45-11-16-54)35(29)55(41)13-7-8-14-56-38-30(22-28(24-47-38)37(44)61)49-42(56)51-40(63)32-20-26(4)53-58(32)6-2/h7-8,19-24,45H,5-6,9-18H2,1-4H3,(H2,43,60)(H2,44,61)(H,46,59)(H,48,50,62)(H,49,51,63)/b8-7+. The van der Waals surface area contributed by atoms with E-state index in [4.69, 9.17) is 21.2 Å². The predicted octanol–water partition coefficient (Wildman–Crippen LogP) is 1.58. The molecular formula is C42H52N16O6. The molecule has 0 spiro atoms. The lowest BCUT2D eigenvalue weighted by molar-refractivity contribution is -0.121. The van der Waals surface area contributed by atoms with Crippen LogP contribution in [0.3, 0.4) is 0 Å². The van der Waals surface area contributed by atoms with Crippen LogP contribution in [0.1, 0.15) is 73.3 Å². The highest BCUT2D eigenvalue weighted by atomic mass is 16.5. The van der Waals surface area contributed by atoms with Crippen molar-refractivity contribution in [3.05, 3.63) is 82.6 Å². The first-order chi connectivity index (χ1) is 30.8. The highest BCUT2D eigenvalue weighted by molar-refractivity contribution is 6.05. The molecule has 22 nitrogen and oxygen atoms in total. The van der Waals surface area contributed by atoms with Crippen molar-refractivity contribution in [1.82, 2.24) is 59.2 Å². The lowest BCUT2D eigenvalue weighted by Gasteiger charge is -2.27. The molecule has 22 heteroatoms. The van der Waals surface area contributed by atoms with Crippen LogP contribution in [0.5, 0.6) is 5.75 Å². The number of nitrogens with zero attached hydrogens (tertiary/aromatic N) is 10. The molecule has 7 rings (SSSR count). The lowest BCUT2D eigenvalue weighted by Crippen LogP contribution is -2.46. The smallest absolute Gasteiger partial charge is 0.276 e. The fraction of sp³-hybridized carbons (Fsp3) is 0.381. The van der Waals surface area contributed by atoms with Gasteiger partial charge < -0.3 is 31.4 Å². The fourth-order valence-electron chi connectivity index (χ4n) is 7.43. The molecule has 1 aromatic carbocycles. The number of rotatable bonds is 19. The van der Waals surface area contributed by atoms with E-state index in [1.54, 1.807) is 56.6 Å². The van der Waals surface area contributed by atoms with E-state index in [0.29, 0.717) is 64.6 Å². The number of primary amides is 2. The molecule has 1 aliphatic rings. The normalized spacial score (nSPS) is 13.2. The Morgan fingerprint density at radius 1 is 0.781 bits per heavy atom.